The average molecular weight is 278 g/mol. The van der Waals surface area contributed by atoms with E-state index in [2.05, 4.69) is 10.3 Å². The van der Waals surface area contributed by atoms with E-state index in [-0.39, 0.29) is 10.9 Å². The maximum atomic E-state index is 11.9. The first kappa shape index (κ1) is 13.2. The monoisotopic (exact) mass is 278 g/mol. The lowest BCUT2D eigenvalue weighted by atomic mass is 10.3. The Morgan fingerprint density at radius 2 is 2.16 bits per heavy atom. The lowest BCUT2D eigenvalue weighted by molar-refractivity contribution is -0.131. The molecule has 1 aromatic heterocycles. The third-order valence-electron chi connectivity index (χ3n) is 2.20. The van der Waals surface area contributed by atoms with Crippen LogP contribution in [0.25, 0.3) is 11.1 Å². The van der Waals surface area contributed by atoms with E-state index in [9.17, 15) is 9.59 Å². The van der Waals surface area contributed by atoms with Gasteiger partial charge in [-0.2, -0.15) is 0 Å². The summed E-state index contributed by atoms with van der Waals surface area (Å²) in [6.07, 6.45) is 2.56. The molecule has 0 atom stereocenters. The van der Waals surface area contributed by atoms with Crippen molar-refractivity contribution in [3.8, 4) is 0 Å². The molecule has 0 saturated carbocycles. The summed E-state index contributed by atoms with van der Waals surface area (Å²) in [6, 6.07) is 6.97. The fraction of sp³-hybridized carbons (Fsp3) is 0.0833. The largest absolute Gasteiger partial charge is 0.478 e. The average Bonchev–Trinajstić information content (AvgIpc) is 2.81. The van der Waals surface area contributed by atoms with E-state index < -0.39 is 11.9 Å². The molecule has 0 saturated heterocycles. The maximum absolute atomic E-state index is 11.9. The zero-order valence-electron chi connectivity index (χ0n) is 9.91. The Bertz CT molecular complexity index is 630. The van der Waals surface area contributed by atoms with E-state index in [1.54, 1.807) is 30.5 Å². The van der Waals surface area contributed by atoms with Crippen molar-refractivity contribution in [3.63, 3.8) is 0 Å². The van der Waals surface area contributed by atoms with Crippen molar-refractivity contribution in [2.24, 2.45) is 0 Å². The number of carboxylic acids is 1. The Labute approximate surface area is 112 Å². The van der Waals surface area contributed by atoms with Gasteiger partial charge in [0.25, 0.3) is 5.89 Å². The third kappa shape index (κ3) is 3.14. The Morgan fingerprint density at radius 3 is 2.79 bits per heavy atom. The first-order chi connectivity index (χ1) is 9.10. The van der Waals surface area contributed by atoms with Gasteiger partial charge in [-0.25, -0.2) is 9.78 Å². The highest BCUT2D eigenvalue weighted by atomic mass is 32.2. The summed E-state index contributed by atoms with van der Waals surface area (Å²) < 4.78 is 5.27. The molecule has 19 heavy (non-hydrogen) atoms. The van der Waals surface area contributed by atoms with Gasteiger partial charge in [0.2, 0.25) is 0 Å². The van der Waals surface area contributed by atoms with Crippen molar-refractivity contribution in [1.82, 2.24) is 10.3 Å². The number of hydrogen-bond donors (Lipinski definition) is 2. The minimum Gasteiger partial charge on any atom is -0.478 e. The molecule has 7 heteroatoms. The molecule has 2 aromatic rings. The third-order valence-corrected chi connectivity index (χ3v) is 2.86. The number of amides is 1. The van der Waals surface area contributed by atoms with Gasteiger partial charge in [0.05, 0.1) is 11.1 Å². The number of oxazole rings is 1. The molecule has 1 aromatic carbocycles. The molecule has 0 radical (unpaired) electrons. The van der Waals surface area contributed by atoms with Gasteiger partial charge >= 0.3 is 11.9 Å². The molecule has 0 bridgehead atoms. The standard InChI is InChI=1S/C12H10N2O4S/c1-19-9(6-10(15)16)14-11(17)12-13-7-4-2-3-5-8(7)18-12/h2-6H,1H3,(H,14,17)(H,15,16)/b9-6+. The molecule has 0 fully saturated rings. The first-order valence-electron chi connectivity index (χ1n) is 5.25. The Morgan fingerprint density at radius 1 is 1.42 bits per heavy atom. The second-order valence-electron chi connectivity index (χ2n) is 3.49. The number of carbonyl (C=O) groups is 2. The van der Waals surface area contributed by atoms with E-state index in [1.807, 2.05) is 0 Å². The van der Waals surface area contributed by atoms with Gasteiger partial charge in [-0.3, -0.25) is 4.79 Å². The number of aliphatic carboxylic acids is 1. The second-order valence-corrected chi connectivity index (χ2v) is 4.34. The number of nitrogens with one attached hydrogen (secondary N) is 1. The molecule has 0 unspecified atom stereocenters. The Kier molecular flexibility index (Phi) is 3.86. The molecule has 0 aliphatic carbocycles. The van der Waals surface area contributed by atoms with Crippen LogP contribution in [0.5, 0.6) is 0 Å². The van der Waals surface area contributed by atoms with Crippen LogP contribution in [0, 0.1) is 0 Å². The second kappa shape index (κ2) is 5.57. The Hall–Kier alpha value is -2.28. The van der Waals surface area contributed by atoms with Crippen LogP contribution in [0.2, 0.25) is 0 Å². The van der Waals surface area contributed by atoms with Crippen LogP contribution in [0.15, 0.2) is 39.8 Å². The molecular formula is C12H10N2O4S. The lowest BCUT2D eigenvalue weighted by Gasteiger charge is -2.02. The van der Waals surface area contributed by atoms with Crippen molar-refractivity contribution in [2.75, 3.05) is 6.26 Å². The highest BCUT2D eigenvalue weighted by molar-refractivity contribution is 8.02. The lowest BCUT2D eigenvalue weighted by Crippen LogP contribution is -2.22. The van der Waals surface area contributed by atoms with Crippen LogP contribution in [0.1, 0.15) is 10.7 Å². The smallest absolute Gasteiger partial charge is 0.330 e. The summed E-state index contributed by atoms with van der Waals surface area (Å²) in [5, 5.41) is 11.3. The van der Waals surface area contributed by atoms with Gasteiger partial charge < -0.3 is 14.8 Å². The zero-order valence-corrected chi connectivity index (χ0v) is 10.7. The minimum atomic E-state index is -1.14. The van der Waals surface area contributed by atoms with Gasteiger partial charge in [-0.1, -0.05) is 12.1 Å². The number of hydrogen-bond acceptors (Lipinski definition) is 5. The number of rotatable bonds is 4. The molecule has 1 heterocycles. The van der Waals surface area contributed by atoms with E-state index in [0.29, 0.717) is 11.1 Å². The number of para-hydroxylation sites is 2. The summed E-state index contributed by atoms with van der Waals surface area (Å²) in [5.41, 5.74) is 1.07. The maximum Gasteiger partial charge on any atom is 0.330 e. The number of fused-ring (bicyclic) bond motifs is 1. The van der Waals surface area contributed by atoms with Gasteiger partial charge in [-0.15, -0.1) is 11.8 Å². The van der Waals surface area contributed by atoms with E-state index in [4.69, 9.17) is 9.52 Å². The van der Waals surface area contributed by atoms with Crippen LogP contribution in [0.4, 0.5) is 0 Å². The van der Waals surface area contributed by atoms with Gasteiger partial charge in [-0.05, 0) is 18.4 Å². The number of nitrogens with zero attached hydrogens (tertiary/aromatic N) is 1. The quantitative estimate of drug-likeness (QED) is 0.829. The van der Waals surface area contributed by atoms with Crippen LogP contribution >= 0.6 is 11.8 Å². The van der Waals surface area contributed by atoms with Crippen LogP contribution in [0.3, 0.4) is 0 Å². The van der Waals surface area contributed by atoms with Gasteiger partial charge in [0, 0.05) is 0 Å². The summed E-state index contributed by atoms with van der Waals surface area (Å²) in [5.74, 6) is -1.83. The number of aromatic nitrogens is 1. The predicted molar refractivity (Wildman–Crippen MR) is 70.7 cm³/mol. The predicted octanol–water partition coefficient (Wildman–Crippen LogP) is 1.85. The highest BCUT2D eigenvalue weighted by Crippen LogP contribution is 2.15. The van der Waals surface area contributed by atoms with Crippen LogP contribution in [-0.2, 0) is 4.79 Å². The van der Waals surface area contributed by atoms with Crippen molar-refractivity contribution >= 4 is 34.7 Å². The van der Waals surface area contributed by atoms with Crippen molar-refractivity contribution in [3.05, 3.63) is 41.3 Å². The number of carbonyl (C=O) groups excluding carboxylic acids is 1. The van der Waals surface area contributed by atoms with Crippen molar-refractivity contribution < 1.29 is 19.1 Å². The molecule has 2 rings (SSSR count). The fourth-order valence-electron chi connectivity index (χ4n) is 1.39. The van der Waals surface area contributed by atoms with E-state index >= 15 is 0 Å². The molecule has 0 aliphatic rings. The molecular weight excluding hydrogens is 268 g/mol. The SMILES string of the molecule is CS/C(=C/C(=O)O)NC(=O)c1nc2ccccc2o1. The Balaban J connectivity index is 2.22. The normalized spacial score (nSPS) is 11.5. The summed E-state index contributed by atoms with van der Waals surface area (Å²) in [7, 11) is 0. The number of benzene rings is 1. The first-order valence-corrected chi connectivity index (χ1v) is 6.48. The fourth-order valence-corrected chi connectivity index (χ4v) is 1.81. The number of carboxylic acid groups (broad SMARTS) is 1. The van der Waals surface area contributed by atoms with E-state index in [0.717, 1.165) is 17.8 Å². The zero-order chi connectivity index (χ0) is 13.8. The number of thioether (sulfide) groups is 1. The molecule has 1 amide bonds. The van der Waals surface area contributed by atoms with Crippen LogP contribution < -0.4 is 5.32 Å². The van der Waals surface area contributed by atoms with Crippen LogP contribution in [-0.4, -0.2) is 28.2 Å². The molecule has 6 nitrogen and oxygen atoms in total. The van der Waals surface area contributed by atoms with Gasteiger partial charge in [0.15, 0.2) is 5.58 Å². The highest BCUT2D eigenvalue weighted by Gasteiger charge is 2.15. The molecule has 0 aliphatic heterocycles. The molecule has 98 valence electrons. The topological polar surface area (TPSA) is 92.4 Å². The minimum absolute atomic E-state index is 0.105. The summed E-state index contributed by atoms with van der Waals surface area (Å²) >= 11 is 1.11. The van der Waals surface area contributed by atoms with Gasteiger partial charge in [0.1, 0.15) is 5.52 Å². The summed E-state index contributed by atoms with van der Waals surface area (Å²) in [6.45, 7) is 0. The van der Waals surface area contributed by atoms with Crippen molar-refractivity contribution in [2.45, 2.75) is 0 Å². The molecule has 0 spiro atoms. The molecule has 2 N–H and O–H groups in total. The van der Waals surface area contributed by atoms with E-state index in [1.165, 1.54) is 0 Å². The van der Waals surface area contributed by atoms with Crippen molar-refractivity contribution in [1.29, 1.82) is 0 Å². The summed E-state index contributed by atoms with van der Waals surface area (Å²) in [4.78, 5) is 26.4.